The van der Waals surface area contributed by atoms with Crippen molar-refractivity contribution < 1.29 is 19.4 Å². The number of para-hydroxylation sites is 1. The quantitative estimate of drug-likeness (QED) is 0.306. The number of aliphatic hydroxyl groups is 1. The SMILES string of the molecule is COc1c(Cl)cc(Cl)cc1/C(O)=C1\C(=O)C(=O)N(CCN(C)C)C1c1cn(C)c2ccccc12. The molecule has 1 unspecified atom stereocenters. The Morgan fingerprint density at radius 2 is 1.88 bits per heavy atom. The Labute approximate surface area is 207 Å². The summed E-state index contributed by atoms with van der Waals surface area (Å²) < 4.78 is 7.33. The van der Waals surface area contributed by atoms with E-state index in [4.69, 9.17) is 27.9 Å². The first kappa shape index (κ1) is 24.1. The number of aromatic nitrogens is 1. The molecule has 0 spiro atoms. The molecule has 2 heterocycles. The molecule has 1 atom stereocenters. The summed E-state index contributed by atoms with van der Waals surface area (Å²) in [5.41, 5.74) is 1.80. The van der Waals surface area contributed by atoms with Gasteiger partial charge >= 0.3 is 0 Å². The van der Waals surface area contributed by atoms with Crippen LogP contribution in [0, 0.1) is 0 Å². The Kier molecular flexibility index (Phi) is 6.62. The third-order valence-electron chi connectivity index (χ3n) is 6.02. The molecule has 34 heavy (non-hydrogen) atoms. The number of fused-ring (bicyclic) bond motifs is 1. The van der Waals surface area contributed by atoms with Crippen LogP contribution in [-0.4, -0.2) is 65.5 Å². The van der Waals surface area contributed by atoms with Crippen molar-refractivity contribution in [2.24, 2.45) is 7.05 Å². The van der Waals surface area contributed by atoms with E-state index in [2.05, 4.69) is 0 Å². The third kappa shape index (κ3) is 4.04. The van der Waals surface area contributed by atoms with Crippen molar-refractivity contribution in [1.29, 1.82) is 0 Å². The fourth-order valence-corrected chi connectivity index (χ4v) is 4.99. The molecule has 2 aromatic carbocycles. The Hall–Kier alpha value is -3.00. The standard InChI is InChI=1S/C25H25Cl2N3O4/c1-28(2)9-10-30-21(17-13-29(3)19-8-6-5-7-15(17)19)20(23(32)25(30)33)22(31)16-11-14(26)12-18(27)24(16)34-4/h5-8,11-13,21,31H,9-10H2,1-4H3/b22-20+. The molecule has 3 aromatic rings. The van der Waals surface area contributed by atoms with E-state index in [0.29, 0.717) is 13.1 Å². The van der Waals surface area contributed by atoms with E-state index in [1.54, 1.807) is 0 Å². The van der Waals surface area contributed by atoms with E-state index in [1.807, 2.05) is 61.1 Å². The average molecular weight is 502 g/mol. The summed E-state index contributed by atoms with van der Waals surface area (Å²) in [6.07, 6.45) is 1.89. The van der Waals surface area contributed by atoms with Crippen molar-refractivity contribution >= 4 is 51.6 Å². The van der Waals surface area contributed by atoms with Crippen LogP contribution >= 0.6 is 23.2 Å². The number of likely N-dealkylation sites (N-methyl/N-ethyl adjacent to an activating group) is 1. The van der Waals surface area contributed by atoms with Crippen LogP contribution < -0.4 is 4.74 Å². The van der Waals surface area contributed by atoms with E-state index in [0.717, 1.165) is 16.5 Å². The minimum atomic E-state index is -0.798. The molecule has 7 nitrogen and oxygen atoms in total. The number of rotatable bonds is 6. The van der Waals surface area contributed by atoms with Crippen molar-refractivity contribution in [2.75, 3.05) is 34.3 Å². The molecule has 0 radical (unpaired) electrons. The van der Waals surface area contributed by atoms with Crippen molar-refractivity contribution in [3.8, 4) is 5.75 Å². The zero-order chi connectivity index (χ0) is 24.7. The fraction of sp³-hybridized carbons (Fsp3) is 0.280. The maximum atomic E-state index is 13.3. The number of halogens is 2. The molecule has 1 aromatic heterocycles. The molecule has 178 valence electrons. The van der Waals surface area contributed by atoms with Gasteiger partial charge in [-0.25, -0.2) is 0 Å². The molecular formula is C25H25Cl2N3O4. The number of methoxy groups -OCH3 is 1. The topological polar surface area (TPSA) is 75.0 Å². The average Bonchev–Trinajstić information content (AvgIpc) is 3.25. The van der Waals surface area contributed by atoms with E-state index >= 15 is 0 Å². The van der Waals surface area contributed by atoms with Crippen LogP contribution in [-0.2, 0) is 16.6 Å². The number of aliphatic hydroxyl groups excluding tert-OH is 1. The summed E-state index contributed by atoms with van der Waals surface area (Å²) in [6, 6.07) is 9.88. The molecule has 1 saturated heterocycles. The highest BCUT2D eigenvalue weighted by molar-refractivity contribution is 6.47. The predicted molar refractivity (Wildman–Crippen MR) is 133 cm³/mol. The maximum Gasteiger partial charge on any atom is 0.295 e. The smallest absolute Gasteiger partial charge is 0.295 e. The molecule has 1 aliphatic rings. The minimum Gasteiger partial charge on any atom is -0.507 e. The number of ether oxygens (including phenoxy) is 1. The highest BCUT2D eigenvalue weighted by Crippen LogP contribution is 2.45. The van der Waals surface area contributed by atoms with Crippen molar-refractivity contribution in [3.63, 3.8) is 0 Å². The van der Waals surface area contributed by atoms with Gasteiger partial charge in [0.15, 0.2) is 0 Å². The maximum absolute atomic E-state index is 13.3. The first-order valence-corrected chi connectivity index (χ1v) is 11.4. The van der Waals surface area contributed by atoms with Gasteiger partial charge in [-0.15, -0.1) is 0 Å². The van der Waals surface area contributed by atoms with Gasteiger partial charge in [0, 0.05) is 47.8 Å². The first-order chi connectivity index (χ1) is 16.1. The van der Waals surface area contributed by atoms with Crippen LogP contribution in [0.2, 0.25) is 10.0 Å². The van der Waals surface area contributed by atoms with Gasteiger partial charge in [-0.05, 0) is 32.3 Å². The highest BCUT2D eigenvalue weighted by Gasteiger charge is 2.47. The number of hydrogen-bond donors (Lipinski definition) is 1. The summed E-state index contributed by atoms with van der Waals surface area (Å²) >= 11 is 12.5. The second-order valence-electron chi connectivity index (χ2n) is 8.48. The number of Topliss-reactive ketones (excluding diaryl/α,β-unsaturated/α-hetero) is 1. The number of hydrogen-bond acceptors (Lipinski definition) is 5. The summed E-state index contributed by atoms with van der Waals surface area (Å²) in [5, 5.41) is 12.8. The van der Waals surface area contributed by atoms with E-state index in [1.165, 1.54) is 24.1 Å². The van der Waals surface area contributed by atoms with Crippen molar-refractivity contribution in [3.05, 3.63) is 69.3 Å². The van der Waals surface area contributed by atoms with Gasteiger partial charge in [0.05, 0.1) is 29.3 Å². The summed E-state index contributed by atoms with van der Waals surface area (Å²) in [5.74, 6) is -1.66. The number of benzene rings is 2. The molecule has 0 saturated carbocycles. The molecule has 1 fully saturated rings. The van der Waals surface area contributed by atoms with Crippen LogP contribution in [0.5, 0.6) is 5.75 Å². The van der Waals surface area contributed by atoms with Gasteiger partial charge in [-0.3, -0.25) is 9.59 Å². The van der Waals surface area contributed by atoms with Crippen LogP contribution in [0.4, 0.5) is 0 Å². The highest BCUT2D eigenvalue weighted by atomic mass is 35.5. The predicted octanol–water partition coefficient (Wildman–Crippen LogP) is 4.48. The summed E-state index contributed by atoms with van der Waals surface area (Å²) in [4.78, 5) is 30.0. The Bertz CT molecular complexity index is 1330. The number of amides is 1. The monoisotopic (exact) mass is 501 g/mol. The number of aryl methyl sites for hydroxylation is 1. The zero-order valence-corrected chi connectivity index (χ0v) is 20.8. The van der Waals surface area contributed by atoms with Crippen molar-refractivity contribution in [1.82, 2.24) is 14.4 Å². The Balaban J connectivity index is 2.00. The van der Waals surface area contributed by atoms with E-state index in [-0.39, 0.29) is 32.7 Å². The van der Waals surface area contributed by atoms with Crippen molar-refractivity contribution in [2.45, 2.75) is 6.04 Å². The summed E-state index contributed by atoms with van der Waals surface area (Å²) in [7, 11) is 7.09. The lowest BCUT2D eigenvalue weighted by molar-refractivity contribution is -0.140. The zero-order valence-electron chi connectivity index (χ0n) is 19.3. The lowest BCUT2D eigenvalue weighted by Crippen LogP contribution is -2.35. The van der Waals surface area contributed by atoms with Gasteiger partial charge < -0.3 is 24.2 Å². The normalized spacial score (nSPS) is 17.9. The van der Waals surface area contributed by atoms with E-state index < -0.39 is 17.7 Å². The second-order valence-corrected chi connectivity index (χ2v) is 9.32. The van der Waals surface area contributed by atoms with Crippen LogP contribution in [0.15, 0.2) is 48.2 Å². The van der Waals surface area contributed by atoms with Crippen LogP contribution in [0.1, 0.15) is 17.2 Å². The number of carbonyl (C=O) groups excluding carboxylic acids is 2. The van der Waals surface area contributed by atoms with Gasteiger partial charge in [0.1, 0.15) is 11.5 Å². The molecule has 1 aliphatic heterocycles. The minimum absolute atomic E-state index is 0.0308. The van der Waals surface area contributed by atoms with E-state index in [9.17, 15) is 14.7 Å². The molecule has 1 amide bonds. The van der Waals surface area contributed by atoms with Gasteiger partial charge in [-0.2, -0.15) is 0 Å². The number of carbonyl (C=O) groups is 2. The number of ketones is 1. The number of nitrogens with zero attached hydrogens (tertiary/aromatic N) is 3. The number of likely N-dealkylation sites (tertiary alicyclic amines) is 1. The first-order valence-electron chi connectivity index (χ1n) is 10.7. The van der Waals surface area contributed by atoms with Gasteiger partial charge in [-0.1, -0.05) is 41.4 Å². The third-order valence-corrected chi connectivity index (χ3v) is 6.52. The molecule has 1 N–H and O–H groups in total. The van der Waals surface area contributed by atoms with Gasteiger partial charge in [0.25, 0.3) is 11.7 Å². The molecule has 4 rings (SSSR count). The lowest BCUT2D eigenvalue weighted by Gasteiger charge is -2.26. The molecular weight excluding hydrogens is 477 g/mol. The Morgan fingerprint density at radius 3 is 2.56 bits per heavy atom. The molecule has 0 aliphatic carbocycles. The molecule has 0 bridgehead atoms. The second kappa shape index (κ2) is 9.33. The van der Waals surface area contributed by atoms with Crippen LogP contribution in [0.25, 0.3) is 16.7 Å². The van der Waals surface area contributed by atoms with Crippen LogP contribution in [0.3, 0.4) is 0 Å². The fourth-order valence-electron chi connectivity index (χ4n) is 4.42. The van der Waals surface area contributed by atoms with Gasteiger partial charge in [0.2, 0.25) is 0 Å². The lowest BCUT2D eigenvalue weighted by atomic mass is 9.94. The summed E-state index contributed by atoms with van der Waals surface area (Å²) in [6.45, 7) is 0.844. The Morgan fingerprint density at radius 1 is 1.18 bits per heavy atom. The largest absolute Gasteiger partial charge is 0.507 e. The molecule has 9 heteroatoms.